The van der Waals surface area contributed by atoms with E-state index in [1.165, 1.54) is 11.3 Å². The molecule has 2 aromatic rings. The average molecular weight is 262 g/mol. The van der Waals surface area contributed by atoms with Gasteiger partial charge in [-0.2, -0.15) is 13.2 Å². The first-order chi connectivity index (χ1) is 7.47. The quantitative estimate of drug-likeness (QED) is 0.628. The summed E-state index contributed by atoms with van der Waals surface area (Å²) in [7, 11) is 0. The summed E-state index contributed by atoms with van der Waals surface area (Å²) in [6, 6.07) is 4.36. The number of hydrogen-bond donors (Lipinski definition) is 1. The fourth-order valence-electron chi connectivity index (χ4n) is 1.13. The van der Waals surface area contributed by atoms with Crippen molar-refractivity contribution in [2.75, 3.05) is 0 Å². The summed E-state index contributed by atoms with van der Waals surface area (Å²) in [5, 5.41) is 1.58. The van der Waals surface area contributed by atoms with Crippen LogP contribution in [0.25, 0.3) is 10.6 Å². The number of halogens is 3. The van der Waals surface area contributed by atoms with Gasteiger partial charge in [0.05, 0.1) is 10.6 Å². The minimum absolute atomic E-state index is 0.182. The lowest BCUT2D eigenvalue weighted by atomic mass is 10.3. The van der Waals surface area contributed by atoms with Gasteiger partial charge in [0.25, 0.3) is 0 Å². The van der Waals surface area contributed by atoms with Crippen LogP contribution in [0.15, 0.2) is 28.7 Å². The van der Waals surface area contributed by atoms with E-state index in [0.29, 0.717) is 4.88 Å². The van der Waals surface area contributed by atoms with Crippen LogP contribution in [0.2, 0.25) is 0 Å². The molecule has 0 spiro atoms. The topological polar surface area (TPSA) is 25.8 Å². The van der Waals surface area contributed by atoms with Crippen LogP contribution in [0.1, 0.15) is 5.69 Å². The number of rotatable bonds is 1. The first-order valence-electron chi connectivity index (χ1n) is 4.16. The van der Waals surface area contributed by atoms with E-state index in [1.807, 2.05) is 0 Å². The molecule has 84 valence electrons. The van der Waals surface area contributed by atoms with E-state index >= 15 is 0 Å². The second kappa shape index (κ2) is 4.06. The Bertz CT molecular complexity index is 494. The van der Waals surface area contributed by atoms with Gasteiger partial charge in [-0.3, -0.25) is 0 Å². The number of thiophene rings is 1. The van der Waals surface area contributed by atoms with E-state index in [-0.39, 0.29) is 10.9 Å². The van der Waals surface area contributed by atoms with Crippen LogP contribution in [0, 0.1) is 0 Å². The molecule has 7 heteroatoms. The van der Waals surface area contributed by atoms with Crippen LogP contribution in [0.3, 0.4) is 0 Å². The van der Waals surface area contributed by atoms with Crippen LogP contribution in [-0.2, 0) is 6.18 Å². The molecular weight excluding hydrogens is 257 g/mol. The molecule has 0 amide bonds. The maximum atomic E-state index is 12.5. The lowest BCUT2D eigenvalue weighted by Gasteiger charge is -2.07. The molecule has 0 saturated carbocycles. The number of hydrogen-bond acceptors (Lipinski definition) is 4. The minimum atomic E-state index is -4.48. The number of alkyl halides is 3. The Morgan fingerprint density at radius 2 is 2.00 bits per heavy atom. The third-order valence-corrected chi connectivity index (χ3v) is 2.87. The van der Waals surface area contributed by atoms with Crippen LogP contribution in [0.4, 0.5) is 13.2 Å². The SMILES string of the molecule is FC(F)(F)c1cc(-c2cccs2)nc(S)n1. The molecule has 0 unspecified atom stereocenters. The molecule has 0 aliphatic carbocycles. The molecule has 2 aromatic heterocycles. The zero-order valence-electron chi connectivity index (χ0n) is 7.69. The highest BCUT2D eigenvalue weighted by molar-refractivity contribution is 7.80. The first kappa shape index (κ1) is 11.4. The molecule has 2 rings (SSSR count). The van der Waals surface area contributed by atoms with Crippen molar-refractivity contribution >= 4 is 24.0 Å². The fourth-order valence-corrected chi connectivity index (χ4v) is 2.03. The third kappa shape index (κ3) is 2.35. The zero-order chi connectivity index (χ0) is 11.8. The van der Waals surface area contributed by atoms with E-state index < -0.39 is 11.9 Å². The highest BCUT2D eigenvalue weighted by Gasteiger charge is 2.33. The third-order valence-electron chi connectivity index (χ3n) is 1.78. The number of aromatic nitrogens is 2. The Hall–Kier alpha value is -1.08. The summed E-state index contributed by atoms with van der Waals surface area (Å²) < 4.78 is 37.4. The van der Waals surface area contributed by atoms with Crippen molar-refractivity contribution in [1.29, 1.82) is 0 Å². The molecule has 16 heavy (non-hydrogen) atoms. The van der Waals surface area contributed by atoms with Gasteiger partial charge in [0.15, 0.2) is 5.16 Å². The van der Waals surface area contributed by atoms with Crippen LogP contribution in [-0.4, -0.2) is 9.97 Å². The normalized spacial score (nSPS) is 11.8. The monoisotopic (exact) mass is 262 g/mol. The zero-order valence-corrected chi connectivity index (χ0v) is 9.40. The Balaban J connectivity index is 2.53. The molecule has 0 fully saturated rings. The van der Waals surface area contributed by atoms with Gasteiger partial charge >= 0.3 is 6.18 Å². The summed E-state index contributed by atoms with van der Waals surface area (Å²) in [5.74, 6) is 0. The second-order valence-corrected chi connectivity index (χ2v) is 4.26. The van der Waals surface area contributed by atoms with Gasteiger partial charge in [-0.25, -0.2) is 9.97 Å². The molecule has 0 N–H and O–H groups in total. The standard InChI is InChI=1S/C9H5F3N2S2/c10-9(11,12)7-4-5(13-8(15)14-7)6-2-1-3-16-6/h1-4H,(H,13,14,15). The van der Waals surface area contributed by atoms with Gasteiger partial charge in [-0.15, -0.1) is 24.0 Å². The summed E-state index contributed by atoms with van der Waals surface area (Å²) in [5.41, 5.74) is -0.738. The predicted molar refractivity (Wildman–Crippen MR) is 57.6 cm³/mol. The van der Waals surface area contributed by atoms with Crippen molar-refractivity contribution in [1.82, 2.24) is 9.97 Å². The summed E-state index contributed by atoms with van der Waals surface area (Å²) in [6.45, 7) is 0. The smallest absolute Gasteiger partial charge is 0.222 e. The van der Waals surface area contributed by atoms with Crippen molar-refractivity contribution in [3.63, 3.8) is 0 Å². The van der Waals surface area contributed by atoms with Crippen molar-refractivity contribution in [2.24, 2.45) is 0 Å². The molecule has 0 saturated heterocycles. The van der Waals surface area contributed by atoms with Crippen molar-refractivity contribution < 1.29 is 13.2 Å². The van der Waals surface area contributed by atoms with E-state index in [4.69, 9.17) is 0 Å². The fraction of sp³-hybridized carbons (Fsp3) is 0.111. The maximum Gasteiger partial charge on any atom is 0.433 e. The van der Waals surface area contributed by atoms with Crippen molar-refractivity contribution in [3.05, 3.63) is 29.3 Å². The molecule has 2 heterocycles. The largest absolute Gasteiger partial charge is 0.433 e. The Labute approximate surface area is 98.6 Å². The Morgan fingerprint density at radius 3 is 2.56 bits per heavy atom. The van der Waals surface area contributed by atoms with Crippen molar-refractivity contribution in [2.45, 2.75) is 11.3 Å². The van der Waals surface area contributed by atoms with Gasteiger partial charge in [0.2, 0.25) is 0 Å². The average Bonchev–Trinajstić information content (AvgIpc) is 2.68. The molecule has 2 nitrogen and oxygen atoms in total. The second-order valence-electron chi connectivity index (χ2n) is 2.91. The molecular formula is C9H5F3N2S2. The van der Waals surface area contributed by atoms with E-state index in [2.05, 4.69) is 22.6 Å². The molecule has 0 radical (unpaired) electrons. The van der Waals surface area contributed by atoms with Crippen LogP contribution in [0.5, 0.6) is 0 Å². The summed E-state index contributed by atoms with van der Waals surface area (Å²) in [4.78, 5) is 7.76. The van der Waals surface area contributed by atoms with E-state index in [1.54, 1.807) is 17.5 Å². The molecule has 0 aromatic carbocycles. The van der Waals surface area contributed by atoms with Gasteiger partial charge in [0, 0.05) is 0 Å². The highest BCUT2D eigenvalue weighted by atomic mass is 32.1. The molecule has 0 bridgehead atoms. The lowest BCUT2D eigenvalue weighted by Crippen LogP contribution is -2.09. The molecule has 0 aliphatic heterocycles. The Morgan fingerprint density at radius 1 is 1.25 bits per heavy atom. The van der Waals surface area contributed by atoms with Gasteiger partial charge in [0.1, 0.15) is 5.69 Å². The summed E-state index contributed by atoms with van der Waals surface area (Å²) in [6.07, 6.45) is -4.48. The van der Waals surface area contributed by atoms with E-state index in [0.717, 1.165) is 6.07 Å². The number of thiol groups is 1. The highest BCUT2D eigenvalue weighted by Crippen LogP contribution is 2.31. The van der Waals surface area contributed by atoms with E-state index in [9.17, 15) is 13.2 Å². The van der Waals surface area contributed by atoms with Crippen LogP contribution >= 0.6 is 24.0 Å². The van der Waals surface area contributed by atoms with Gasteiger partial charge < -0.3 is 0 Å². The minimum Gasteiger partial charge on any atom is -0.222 e. The first-order valence-corrected chi connectivity index (χ1v) is 5.48. The predicted octanol–water partition coefficient (Wildman–Crippen LogP) is 3.51. The maximum absolute atomic E-state index is 12.5. The number of nitrogens with zero attached hydrogens (tertiary/aromatic N) is 2. The van der Waals surface area contributed by atoms with Crippen molar-refractivity contribution in [3.8, 4) is 10.6 Å². The summed E-state index contributed by atoms with van der Waals surface area (Å²) >= 11 is 5.08. The molecule has 0 atom stereocenters. The van der Waals surface area contributed by atoms with Gasteiger partial charge in [-0.1, -0.05) is 6.07 Å². The Kier molecular flexibility index (Phi) is 2.90. The van der Waals surface area contributed by atoms with Crippen LogP contribution < -0.4 is 0 Å². The molecule has 0 aliphatic rings. The van der Waals surface area contributed by atoms with Gasteiger partial charge in [-0.05, 0) is 17.5 Å². The lowest BCUT2D eigenvalue weighted by molar-refractivity contribution is -0.141.